The van der Waals surface area contributed by atoms with Crippen LogP contribution in [0.3, 0.4) is 0 Å². The summed E-state index contributed by atoms with van der Waals surface area (Å²) in [5, 5.41) is 0.663. The highest BCUT2D eigenvalue weighted by Crippen LogP contribution is 2.44. The van der Waals surface area contributed by atoms with E-state index in [1.807, 2.05) is 11.8 Å². The minimum Gasteiger partial charge on any atom is -0.358 e. The Morgan fingerprint density at radius 1 is 1.29 bits per heavy atom. The van der Waals surface area contributed by atoms with E-state index >= 15 is 0 Å². The van der Waals surface area contributed by atoms with E-state index in [-0.39, 0.29) is 0 Å². The maximum Gasteiger partial charge on any atom is 0.0797 e. The van der Waals surface area contributed by atoms with Gasteiger partial charge in [-0.25, -0.2) is 0 Å². The first kappa shape index (κ1) is 12.8. The molecule has 1 aromatic carbocycles. The summed E-state index contributed by atoms with van der Waals surface area (Å²) in [6.45, 7) is 8.10. The zero-order valence-electron chi connectivity index (χ0n) is 11.1. The summed E-state index contributed by atoms with van der Waals surface area (Å²) >= 11 is 2.05. The van der Waals surface area contributed by atoms with Gasteiger partial charge in [-0.3, -0.25) is 0 Å². The van der Waals surface area contributed by atoms with Crippen LogP contribution in [0.15, 0.2) is 29.2 Å². The summed E-state index contributed by atoms with van der Waals surface area (Å²) in [5.41, 5.74) is 1.46. The van der Waals surface area contributed by atoms with E-state index in [0.717, 1.165) is 5.92 Å². The first-order valence-electron chi connectivity index (χ1n) is 6.74. The molecule has 0 N–H and O–H groups in total. The van der Waals surface area contributed by atoms with Gasteiger partial charge < -0.3 is 4.90 Å². The average Bonchev–Trinajstić information content (AvgIpc) is 2.64. The Labute approximate surface area is 110 Å². The third-order valence-corrected chi connectivity index (χ3v) is 4.63. The van der Waals surface area contributed by atoms with Crippen LogP contribution >= 0.6 is 11.8 Å². The van der Waals surface area contributed by atoms with Crippen molar-refractivity contribution in [3.05, 3.63) is 24.3 Å². The van der Waals surface area contributed by atoms with E-state index < -0.39 is 0 Å². The number of hydrogen-bond acceptors (Lipinski definition) is 2. The molecule has 94 valence electrons. The van der Waals surface area contributed by atoms with Crippen molar-refractivity contribution >= 4 is 17.4 Å². The first-order valence-corrected chi connectivity index (χ1v) is 7.62. The minimum atomic E-state index is 0.663. The molecular formula is C15H23NS. The van der Waals surface area contributed by atoms with Crippen LogP contribution in [0.4, 0.5) is 5.69 Å². The SMILES string of the molecule is CCCC1Sc2ccccc2N1CCC(C)C. The predicted molar refractivity (Wildman–Crippen MR) is 77.8 cm³/mol. The zero-order valence-corrected chi connectivity index (χ0v) is 12.0. The molecule has 1 unspecified atom stereocenters. The lowest BCUT2D eigenvalue weighted by molar-refractivity contribution is 0.559. The molecule has 2 rings (SSSR count). The third-order valence-electron chi connectivity index (χ3n) is 3.27. The van der Waals surface area contributed by atoms with Gasteiger partial charge in [0.2, 0.25) is 0 Å². The zero-order chi connectivity index (χ0) is 12.3. The number of nitrogens with zero attached hydrogens (tertiary/aromatic N) is 1. The Morgan fingerprint density at radius 2 is 2.06 bits per heavy atom. The summed E-state index contributed by atoms with van der Waals surface area (Å²) in [4.78, 5) is 4.08. The molecule has 0 saturated carbocycles. The van der Waals surface area contributed by atoms with Crippen LogP contribution < -0.4 is 4.90 Å². The molecule has 1 atom stereocenters. The number of rotatable bonds is 5. The maximum atomic E-state index is 2.61. The molecule has 0 spiro atoms. The van der Waals surface area contributed by atoms with Gasteiger partial charge in [-0.1, -0.05) is 51.1 Å². The largest absolute Gasteiger partial charge is 0.358 e. The lowest BCUT2D eigenvalue weighted by Crippen LogP contribution is -2.30. The van der Waals surface area contributed by atoms with Crippen molar-refractivity contribution in [1.82, 2.24) is 0 Å². The second-order valence-corrected chi connectivity index (χ2v) is 6.42. The van der Waals surface area contributed by atoms with Crippen molar-refractivity contribution in [2.45, 2.75) is 50.3 Å². The second kappa shape index (κ2) is 5.81. The lowest BCUT2D eigenvalue weighted by atomic mass is 10.1. The standard InChI is InChI=1S/C15H23NS/c1-4-7-15-16(11-10-12(2)3)13-8-5-6-9-14(13)17-15/h5-6,8-9,12,15H,4,7,10-11H2,1-3H3. The van der Waals surface area contributed by atoms with E-state index in [1.165, 1.54) is 36.4 Å². The van der Waals surface area contributed by atoms with Crippen LogP contribution in [0.2, 0.25) is 0 Å². The molecule has 0 fully saturated rings. The van der Waals surface area contributed by atoms with Crippen molar-refractivity contribution in [3.8, 4) is 0 Å². The van der Waals surface area contributed by atoms with Crippen LogP contribution in [-0.4, -0.2) is 11.9 Å². The van der Waals surface area contributed by atoms with Gasteiger partial charge in [0, 0.05) is 11.4 Å². The van der Waals surface area contributed by atoms with Gasteiger partial charge in [-0.05, 0) is 30.9 Å². The fraction of sp³-hybridized carbons (Fsp3) is 0.600. The van der Waals surface area contributed by atoms with Gasteiger partial charge in [-0.15, -0.1) is 0 Å². The Morgan fingerprint density at radius 3 is 2.76 bits per heavy atom. The van der Waals surface area contributed by atoms with Gasteiger partial charge in [0.15, 0.2) is 0 Å². The smallest absolute Gasteiger partial charge is 0.0797 e. The molecule has 0 aliphatic carbocycles. The van der Waals surface area contributed by atoms with Gasteiger partial charge in [0.1, 0.15) is 0 Å². The molecule has 0 aromatic heterocycles. The molecule has 2 heteroatoms. The van der Waals surface area contributed by atoms with Crippen molar-refractivity contribution in [2.24, 2.45) is 5.92 Å². The van der Waals surface area contributed by atoms with Gasteiger partial charge in [0.05, 0.1) is 11.1 Å². The van der Waals surface area contributed by atoms with E-state index in [1.54, 1.807) is 0 Å². The van der Waals surface area contributed by atoms with Gasteiger partial charge >= 0.3 is 0 Å². The number of para-hydroxylation sites is 1. The minimum absolute atomic E-state index is 0.663. The quantitative estimate of drug-likeness (QED) is 0.739. The summed E-state index contributed by atoms with van der Waals surface area (Å²) in [7, 11) is 0. The fourth-order valence-corrected chi connectivity index (χ4v) is 3.74. The number of anilines is 1. The molecule has 1 nitrogen and oxygen atoms in total. The number of benzene rings is 1. The third kappa shape index (κ3) is 2.98. The van der Waals surface area contributed by atoms with Crippen molar-refractivity contribution in [3.63, 3.8) is 0 Å². The molecule has 17 heavy (non-hydrogen) atoms. The highest BCUT2D eigenvalue weighted by Gasteiger charge is 2.28. The van der Waals surface area contributed by atoms with Crippen molar-refractivity contribution in [1.29, 1.82) is 0 Å². The topological polar surface area (TPSA) is 3.24 Å². The maximum absolute atomic E-state index is 2.61. The molecule has 1 heterocycles. The second-order valence-electron chi connectivity index (χ2n) is 5.20. The molecule has 1 aliphatic rings. The highest BCUT2D eigenvalue weighted by molar-refractivity contribution is 8.00. The summed E-state index contributed by atoms with van der Waals surface area (Å²) in [6, 6.07) is 8.85. The molecular weight excluding hydrogens is 226 g/mol. The molecule has 1 aromatic rings. The first-order chi connectivity index (χ1) is 8.22. The van der Waals surface area contributed by atoms with E-state index in [2.05, 4.69) is 49.9 Å². The molecule has 0 radical (unpaired) electrons. The lowest BCUT2D eigenvalue weighted by Gasteiger charge is -2.27. The summed E-state index contributed by atoms with van der Waals surface area (Å²) < 4.78 is 0. The predicted octanol–water partition coefficient (Wildman–Crippen LogP) is 4.77. The van der Waals surface area contributed by atoms with Crippen LogP contribution in [-0.2, 0) is 0 Å². The monoisotopic (exact) mass is 249 g/mol. The Kier molecular flexibility index (Phi) is 4.38. The van der Waals surface area contributed by atoms with Gasteiger partial charge in [0.25, 0.3) is 0 Å². The van der Waals surface area contributed by atoms with Crippen molar-refractivity contribution in [2.75, 3.05) is 11.4 Å². The fourth-order valence-electron chi connectivity index (χ4n) is 2.28. The normalized spacial score (nSPS) is 18.8. The van der Waals surface area contributed by atoms with Crippen LogP contribution in [0.1, 0.15) is 40.0 Å². The number of thioether (sulfide) groups is 1. The van der Waals surface area contributed by atoms with Crippen LogP contribution in [0, 0.1) is 5.92 Å². The number of fused-ring (bicyclic) bond motifs is 1. The van der Waals surface area contributed by atoms with Crippen molar-refractivity contribution < 1.29 is 0 Å². The van der Waals surface area contributed by atoms with E-state index in [0.29, 0.717) is 5.37 Å². The van der Waals surface area contributed by atoms with E-state index in [9.17, 15) is 0 Å². The molecule has 1 aliphatic heterocycles. The summed E-state index contributed by atoms with van der Waals surface area (Å²) in [6.07, 6.45) is 3.84. The number of hydrogen-bond donors (Lipinski definition) is 0. The Hall–Kier alpha value is -0.630. The van der Waals surface area contributed by atoms with Crippen LogP contribution in [0.5, 0.6) is 0 Å². The Bertz CT molecular complexity index is 362. The van der Waals surface area contributed by atoms with Gasteiger partial charge in [-0.2, -0.15) is 0 Å². The molecule has 0 saturated heterocycles. The molecule has 0 bridgehead atoms. The highest BCUT2D eigenvalue weighted by atomic mass is 32.2. The molecule has 0 amide bonds. The summed E-state index contributed by atoms with van der Waals surface area (Å²) in [5.74, 6) is 0.787. The van der Waals surface area contributed by atoms with Crippen LogP contribution in [0.25, 0.3) is 0 Å². The Balaban J connectivity index is 2.12. The van der Waals surface area contributed by atoms with E-state index in [4.69, 9.17) is 0 Å². The average molecular weight is 249 g/mol.